The second kappa shape index (κ2) is 10.7. The van der Waals surface area contributed by atoms with Crippen molar-refractivity contribution in [3.63, 3.8) is 0 Å². The predicted octanol–water partition coefficient (Wildman–Crippen LogP) is 4.66. The number of halogens is 1. The molecule has 34 heavy (non-hydrogen) atoms. The molecule has 3 rings (SSSR count). The Morgan fingerprint density at radius 2 is 1.65 bits per heavy atom. The number of benzene rings is 2. The number of carbonyl (C=O) groups excluding carboxylic acids is 4. The Kier molecular flexibility index (Phi) is 7.75. The van der Waals surface area contributed by atoms with Gasteiger partial charge in [-0.2, -0.15) is 0 Å². The van der Waals surface area contributed by atoms with E-state index in [-0.39, 0.29) is 27.6 Å². The first-order valence-electron chi connectivity index (χ1n) is 10.1. The van der Waals surface area contributed by atoms with Crippen molar-refractivity contribution in [3.05, 3.63) is 81.5 Å². The number of hydrogen-bond donors (Lipinski definition) is 2. The first-order chi connectivity index (χ1) is 16.2. The van der Waals surface area contributed by atoms with Crippen LogP contribution in [-0.2, 0) is 9.47 Å². The summed E-state index contributed by atoms with van der Waals surface area (Å²) in [4.78, 5) is 49.8. The molecule has 0 saturated heterocycles. The standard InChI is InChI=1S/C24H21FN2O6S/c1-4-33-23(30)14-8-10-17(11-9-14)26-21(29)19-13(2)18(24(31)32-3)22(34-19)27-20(28)15-6-5-7-16(25)12-15/h5-12H,4H2,1-3H3,(H,26,29)(H,27,28). The van der Waals surface area contributed by atoms with Crippen LogP contribution < -0.4 is 10.6 Å². The summed E-state index contributed by atoms with van der Waals surface area (Å²) in [6, 6.07) is 11.2. The minimum atomic E-state index is -0.735. The molecule has 2 aromatic carbocycles. The number of thiophene rings is 1. The monoisotopic (exact) mass is 484 g/mol. The largest absolute Gasteiger partial charge is 0.465 e. The fraction of sp³-hybridized carbons (Fsp3) is 0.167. The smallest absolute Gasteiger partial charge is 0.341 e. The van der Waals surface area contributed by atoms with Gasteiger partial charge in [-0.05, 0) is 61.9 Å². The lowest BCUT2D eigenvalue weighted by atomic mass is 10.1. The molecule has 0 aliphatic rings. The van der Waals surface area contributed by atoms with Gasteiger partial charge in [0.15, 0.2) is 0 Å². The van der Waals surface area contributed by atoms with Crippen LogP contribution in [0.2, 0.25) is 0 Å². The van der Waals surface area contributed by atoms with Crippen LogP contribution in [0.1, 0.15) is 53.2 Å². The maximum Gasteiger partial charge on any atom is 0.341 e. The van der Waals surface area contributed by atoms with Crippen LogP contribution in [0.25, 0.3) is 0 Å². The van der Waals surface area contributed by atoms with Gasteiger partial charge in [0.05, 0.1) is 29.7 Å². The van der Waals surface area contributed by atoms with E-state index in [4.69, 9.17) is 9.47 Å². The highest BCUT2D eigenvalue weighted by atomic mass is 32.1. The molecule has 2 N–H and O–H groups in total. The summed E-state index contributed by atoms with van der Waals surface area (Å²) >= 11 is 0.886. The van der Waals surface area contributed by atoms with E-state index in [0.29, 0.717) is 16.8 Å². The molecule has 176 valence electrons. The minimum Gasteiger partial charge on any atom is -0.465 e. The van der Waals surface area contributed by atoms with E-state index >= 15 is 0 Å². The molecule has 0 atom stereocenters. The number of anilines is 2. The number of esters is 2. The van der Waals surface area contributed by atoms with E-state index in [1.807, 2.05) is 0 Å². The first-order valence-corrected chi connectivity index (χ1v) is 10.9. The molecule has 0 aliphatic heterocycles. The first kappa shape index (κ1) is 24.6. The maximum absolute atomic E-state index is 13.5. The molecule has 0 saturated carbocycles. The Morgan fingerprint density at radius 3 is 2.26 bits per heavy atom. The van der Waals surface area contributed by atoms with Gasteiger partial charge in [-0.1, -0.05) is 6.07 Å². The quantitative estimate of drug-likeness (QED) is 0.472. The summed E-state index contributed by atoms with van der Waals surface area (Å²) in [5, 5.41) is 5.35. The van der Waals surface area contributed by atoms with Crippen LogP contribution in [0.3, 0.4) is 0 Å². The topological polar surface area (TPSA) is 111 Å². The molecule has 0 fully saturated rings. The zero-order valence-electron chi connectivity index (χ0n) is 18.6. The molecular weight excluding hydrogens is 463 g/mol. The Hall–Kier alpha value is -4.05. The highest BCUT2D eigenvalue weighted by molar-refractivity contribution is 7.19. The van der Waals surface area contributed by atoms with Crippen LogP contribution in [0.5, 0.6) is 0 Å². The van der Waals surface area contributed by atoms with Gasteiger partial charge in [0, 0.05) is 11.3 Å². The van der Waals surface area contributed by atoms with Gasteiger partial charge >= 0.3 is 11.9 Å². The average Bonchev–Trinajstić information content (AvgIpc) is 3.14. The van der Waals surface area contributed by atoms with Crippen molar-refractivity contribution in [3.8, 4) is 0 Å². The summed E-state index contributed by atoms with van der Waals surface area (Å²) in [5.74, 6) is -2.97. The van der Waals surface area contributed by atoms with Crippen LogP contribution >= 0.6 is 11.3 Å². The molecule has 10 heteroatoms. The van der Waals surface area contributed by atoms with E-state index < -0.39 is 29.6 Å². The third-order valence-electron chi connectivity index (χ3n) is 4.71. The molecular formula is C24H21FN2O6S. The van der Waals surface area contributed by atoms with Gasteiger partial charge in [-0.15, -0.1) is 11.3 Å². The molecule has 0 bridgehead atoms. The van der Waals surface area contributed by atoms with Gasteiger partial charge in [-0.3, -0.25) is 9.59 Å². The van der Waals surface area contributed by atoms with Gasteiger partial charge in [0.25, 0.3) is 11.8 Å². The normalized spacial score (nSPS) is 10.4. The minimum absolute atomic E-state index is 0.0278. The lowest BCUT2D eigenvalue weighted by molar-refractivity contribution is 0.0525. The van der Waals surface area contributed by atoms with Crippen molar-refractivity contribution >= 4 is 45.8 Å². The van der Waals surface area contributed by atoms with Crippen LogP contribution in [0.4, 0.5) is 15.1 Å². The van der Waals surface area contributed by atoms with Crippen molar-refractivity contribution < 1.29 is 33.0 Å². The Bertz CT molecular complexity index is 1250. The molecule has 8 nitrogen and oxygen atoms in total. The fourth-order valence-electron chi connectivity index (χ4n) is 3.06. The highest BCUT2D eigenvalue weighted by Gasteiger charge is 2.27. The number of nitrogens with one attached hydrogen (secondary N) is 2. The van der Waals surface area contributed by atoms with Gasteiger partial charge in [0.2, 0.25) is 0 Å². The summed E-state index contributed by atoms with van der Waals surface area (Å²) in [7, 11) is 1.18. The Labute approximate surface area is 198 Å². The third kappa shape index (κ3) is 5.46. The lowest BCUT2D eigenvalue weighted by Crippen LogP contribution is -2.14. The summed E-state index contributed by atoms with van der Waals surface area (Å²) in [6.07, 6.45) is 0. The zero-order valence-corrected chi connectivity index (χ0v) is 19.4. The van der Waals surface area contributed by atoms with Crippen LogP contribution in [0.15, 0.2) is 48.5 Å². The third-order valence-corrected chi connectivity index (χ3v) is 5.92. The molecule has 0 spiro atoms. The average molecular weight is 485 g/mol. The summed E-state index contributed by atoms with van der Waals surface area (Å²) in [5.41, 5.74) is 1.14. The maximum atomic E-state index is 13.5. The van der Waals surface area contributed by atoms with E-state index in [1.54, 1.807) is 26.0 Å². The second-order valence-corrected chi connectivity index (χ2v) is 7.99. The van der Waals surface area contributed by atoms with Crippen LogP contribution in [0, 0.1) is 12.7 Å². The molecule has 1 aromatic heterocycles. The predicted molar refractivity (Wildman–Crippen MR) is 125 cm³/mol. The SMILES string of the molecule is CCOC(=O)c1ccc(NC(=O)c2sc(NC(=O)c3cccc(F)c3)c(C(=O)OC)c2C)cc1. The lowest BCUT2D eigenvalue weighted by Gasteiger charge is -2.06. The van der Waals surface area contributed by atoms with Crippen molar-refractivity contribution in [2.75, 3.05) is 24.4 Å². The van der Waals surface area contributed by atoms with E-state index in [0.717, 1.165) is 17.4 Å². The highest BCUT2D eigenvalue weighted by Crippen LogP contribution is 2.34. The number of carbonyl (C=O) groups is 4. The van der Waals surface area contributed by atoms with Crippen molar-refractivity contribution in [1.29, 1.82) is 0 Å². The van der Waals surface area contributed by atoms with Crippen molar-refractivity contribution in [2.45, 2.75) is 13.8 Å². The molecule has 0 radical (unpaired) electrons. The van der Waals surface area contributed by atoms with E-state index in [1.165, 1.54) is 37.4 Å². The number of rotatable bonds is 7. The molecule has 3 aromatic rings. The van der Waals surface area contributed by atoms with Crippen LogP contribution in [-0.4, -0.2) is 37.5 Å². The van der Waals surface area contributed by atoms with E-state index in [9.17, 15) is 23.6 Å². The zero-order chi connectivity index (χ0) is 24.8. The summed E-state index contributed by atoms with van der Waals surface area (Å²) < 4.78 is 23.2. The Balaban J connectivity index is 1.86. The van der Waals surface area contributed by atoms with Gasteiger partial charge in [-0.25, -0.2) is 14.0 Å². The molecule has 0 unspecified atom stereocenters. The van der Waals surface area contributed by atoms with Crippen molar-refractivity contribution in [2.24, 2.45) is 0 Å². The molecule has 0 aliphatic carbocycles. The second-order valence-electron chi connectivity index (χ2n) is 6.97. The van der Waals surface area contributed by atoms with Gasteiger partial charge < -0.3 is 20.1 Å². The van der Waals surface area contributed by atoms with Gasteiger partial charge in [0.1, 0.15) is 10.8 Å². The van der Waals surface area contributed by atoms with E-state index in [2.05, 4.69) is 10.6 Å². The number of hydrogen-bond acceptors (Lipinski definition) is 7. The van der Waals surface area contributed by atoms with Crippen molar-refractivity contribution in [1.82, 2.24) is 0 Å². The number of methoxy groups -OCH3 is 1. The fourth-order valence-corrected chi connectivity index (χ4v) is 4.15. The summed E-state index contributed by atoms with van der Waals surface area (Å²) in [6.45, 7) is 3.50. The number of amides is 2. The number of ether oxygens (including phenoxy) is 2. The Morgan fingerprint density at radius 1 is 0.941 bits per heavy atom. The molecule has 2 amide bonds. The molecule has 1 heterocycles.